The van der Waals surface area contributed by atoms with Crippen molar-refractivity contribution in [3.63, 3.8) is 0 Å². The molecule has 0 spiro atoms. The monoisotopic (exact) mass is 148 g/mol. The van der Waals surface area contributed by atoms with Crippen LogP contribution < -0.4 is 5.32 Å². The van der Waals surface area contributed by atoms with Gasteiger partial charge in [-0.2, -0.15) is 0 Å². The summed E-state index contributed by atoms with van der Waals surface area (Å²) in [6.07, 6.45) is 4.15. The smallest absolute Gasteiger partial charge is 0.129 e. The van der Waals surface area contributed by atoms with Gasteiger partial charge in [-0.25, -0.2) is 4.98 Å². The van der Waals surface area contributed by atoms with Gasteiger partial charge in [0.1, 0.15) is 5.82 Å². The Hall–Kier alpha value is -1.05. The lowest BCUT2D eigenvalue weighted by atomic mass is 10.1. The molecule has 2 heterocycles. The Morgan fingerprint density at radius 2 is 2.55 bits per heavy atom. The zero-order valence-corrected chi connectivity index (χ0v) is 6.72. The van der Waals surface area contributed by atoms with Gasteiger partial charge >= 0.3 is 0 Å². The van der Waals surface area contributed by atoms with Crippen molar-refractivity contribution in [3.05, 3.63) is 23.4 Å². The van der Waals surface area contributed by atoms with Crippen LogP contribution in [0.25, 0.3) is 0 Å². The highest BCUT2D eigenvalue weighted by atomic mass is 15.0. The largest absolute Gasteiger partial charge is 0.370 e. The molecule has 0 saturated carbocycles. The lowest BCUT2D eigenvalue weighted by Crippen LogP contribution is -1.92. The maximum absolute atomic E-state index is 4.26. The third-order valence-corrected chi connectivity index (χ3v) is 2.20. The number of fused-ring (bicyclic) bond motifs is 1. The highest BCUT2D eigenvalue weighted by molar-refractivity contribution is 5.52. The van der Waals surface area contributed by atoms with E-state index in [1.165, 1.54) is 11.1 Å². The molecule has 11 heavy (non-hydrogen) atoms. The minimum Gasteiger partial charge on any atom is -0.370 e. The van der Waals surface area contributed by atoms with Gasteiger partial charge in [0.05, 0.1) is 0 Å². The molecule has 1 N–H and O–H groups in total. The van der Waals surface area contributed by atoms with Gasteiger partial charge in [-0.1, -0.05) is 6.92 Å². The summed E-state index contributed by atoms with van der Waals surface area (Å²) < 4.78 is 0. The van der Waals surface area contributed by atoms with E-state index in [9.17, 15) is 0 Å². The van der Waals surface area contributed by atoms with Crippen molar-refractivity contribution in [1.29, 1.82) is 0 Å². The molecule has 2 heteroatoms. The maximum atomic E-state index is 4.26. The first kappa shape index (κ1) is 6.65. The SMILES string of the molecule is CCc1ccnc2c1CCN2. The molecule has 0 aromatic carbocycles. The van der Waals surface area contributed by atoms with E-state index in [-0.39, 0.29) is 0 Å². The molecular formula is C9H12N2. The molecule has 0 radical (unpaired) electrons. The van der Waals surface area contributed by atoms with Crippen molar-refractivity contribution in [2.45, 2.75) is 19.8 Å². The number of hydrogen-bond donors (Lipinski definition) is 1. The molecule has 58 valence electrons. The zero-order chi connectivity index (χ0) is 7.68. The maximum Gasteiger partial charge on any atom is 0.129 e. The zero-order valence-electron chi connectivity index (χ0n) is 6.72. The van der Waals surface area contributed by atoms with Crippen LogP contribution in [0.2, 0.25) is 0 Å². The first-order valence-electron chi connectivity index (χ1n) is 4.12. The van der Waals surface area contributed by atoms with Crippen LogP contribution in [0.3, 0.4) is 0 Å². The van der Waals surface area contributed by atoms with Gasteiger partial charge in [0.2, 0.25) is 0 Å². The number of nitrogens with one attached hydrogen (secondary N) is 1. The number of hydrogen-bond acceptors (Lipinski definition) is 2. The fraction of sp³-hybridized carbons (Fsp3) is 0.444. The van der Waals surface area contributed by atoms with Crippen molar-refractivity contribution < 1.29 is 0 Å². The molecule has 1 aromatic rings. The molecule has 1 aliphatic heterocycles. The van der Waals surface area contributed by atoms with Crippen molar-refractivity contribution >= 4 is 5.82 Å². The summed E-state index contributed by atoms with van der Waals surface area (Å²) in [6.45, 7) is 3.24. The number of nitrogens with zero attached hydrogens (tertiary/aromatic N) is 1. The second-order valence-corrected chi connectivity index (χ2v) is 2.83. The van der Waals surface area contributed by atoms with Crippen LogP contribution >= 0.6 is 0 Å². The predicted octanol–water partition coefficient (Wildman–Crippen LogP) is 1.61. The van der Waals surface area contributed by atoms with Gasteiger partial charge in [-0.3, -0.25) is 0 Å². The summed E-state index contributed by atoms with van der Waals surface area (Å²) in [5.41, 5.74) is 2.87. The van der Waals surface area contributed by atoms with E-state index in [1.54, 1.807) is 0 Å². The van der Waals surface area contributed by atoms with Gasteiger partial charge in [0.15, 0.2) is 0 Å². The van der Waals surface area contributed by atoms with Gasteiger partial charge in [0.25, 0.3) is 0 Å². The Kier molecular flexibility index (Phi) is 1.53. The summed E-state index contributed by atoms with van der Waals surface area (Å²) in [4.78, 5) is 4.26. The first-order chi connectivity index (χ1) is 5.42. The summed E-state index contributed by atoms with van der Waals surface area (Å²) in [7, 11) is 0. The Balaban J connectivity index is 2.50. The average molecular weight is 148 g/mol. The van der Waals surface area contributed by atoms with E-state index in [1.807, 2.05) is 6.20 Å². The Labute approximate surface area is 66.7 Å². The second-order valence-electron chi connectivity index (χ2n) is 2.83. The topological polar surface area (TPSA) is 24.9 Å². The van der Waals surface area contributed by atoms with E-state index < -0.39 is 0 Å². The third kappa shape index (κ3) is 0.985. The van der Waals surface area contributed by atoms with Crippen LogP contribution in [0.1, 0.15) is 18.1 Å². The summed E-state index contributed by atoms with van der Waals surface area (Å²) in [5, 5.41) is 3.26. The summed E-state index contributed by atoms with van der Waals surface area (Å²) >= 11 is 0. The molecule has 0 saturated heterocycles. The fourth-order valence-corrected chi connectivity index (χ4v) is 1.60. The lowest BCUT2D eigenvalue weighted by molar-refractivity contribution is 1.04. The van der Waals surface area contributed by atoms with Crippen molar-refractivity contribution in [1.82, 2.24) is 4.98 Å². The summed E-state index contributed by atoms with van der Waals surface area (Å²) in [5.74, 6) is 1.10. The molecule has 2 nitrogen and oxygen atoms in total. The fourth-order valence-electron chi connectivity index (χ4n) is 1.60. The van der Waals surface area contributed by atoms with Crippen LogP contribution in [0.4, 0.5) is 5.82 Å². The van der Waals surface area contributed by atoms with Crippen molar-refractivity contribution in [2.75, 3.05) is 11.9 Å². The standard InChI is InChI=1S/C9H12N2/c1-2-7-3-5-10-9-8(7)4-6-11-9/h3,5H,2,4,6H2,1H3,(H,10,11). The van der Waals surface area contributed by atoms with E-state index >= 15 is 0 Å². The molecule has 0 aliphatic carbocycles. The predicted molar refractivity (Wildman–Crippen MR) is 45.8 cm³/mol. The van der Waals surface area contributed by atoms with Gasteiger partial charge in [0, 0.05) is 12.7 Å². The normalized spacial score (nSPS) is 14.3. The molecule has 1 aliphatic rings. The van der Waals surface area contributed by atoms with Crippen molar-refractivity contribution in [3.8, 4) is 0 Å². The number of aromatic nitrogens is 1. The van der Waals surface area contributed by atoms with Crippen molar-refractivity contribution in [2.24, 2.45) is 0 Å². The van der Waals surface area contributed by atoms with Gasteiger partial charge in [-0.05, 0) is 30.0 Å². The minimum absolute atomic E-state index is 1.05. The Morgan fingerprint density at radius 3 is 3.36 bits per heavy atom. The Morgan fingerprint density at radius 1 is 1.64 bits per heavy atom. The number of pyridine rings is 1. The van der Waals surface area contributed by atoms with Gasteiger partial charge < -0.3 is 5.32 Å². The molecule has 0 atom stereocenters. The minimum atomic E-state index is 1.05. The van der Waals surface area contributed by atoms with Gasteiger partial charge in [-0.15, -0.1) is 0 Å². The molecular weight excluding hydrogens is 136 g/mol. The average Bonchev–Trinajstić information content (AvgIpc) is 2.50. The Bertz CT molecular complexity index is 268. The van der Waals surface area contributed by atoms with E-state index in [0.29, 0.717) is 0 Å². The highest BCUT2D eigenvalue weighted by Crippen LogP contribution is 2.22. The van der Waals surface area contributed by atoms with Crippen LogP contribution in [0.15, 0.2) is 12.3 Å². The van der Waals surface area contributed by atoms with Crippen LogP contribution in [0, 0.1) is 0 Å². The van der Waals surface area contributed by atoms with E-state index in [2.05, 4.69) is 23.3 Å². The van der Waals surface area contributed by atoms with E-state index in [4.69, 9.17) is 0 Å². The first-order valence-corrected chi connectivity index (χ1v) is 4.12. The van der Waals surface area contributed by atoms with Crippen LogP contribution in [-0.2, 0) is 12.8 Å². The second kappa shape index (κ2) is 2.53. The molecule has 0 bridgehead atoms. The lowest BCUT2D eigenvalue weighted by Gasteiger charge is -2.02. The third-order valence-electron chi connectivity index (χ3n) is 2.20. The van der Waals surface area contributed by atoms with E-state index in [0.717, 1.165) is 25.2 Å². The number of rotatable bonds is 1. The molecule has 0 amide bonds. The number of aryl methyl sites for hydroxylation is 1. The number of anilines is 1. The quantitative estimate of drug-likeness (QED) is 0.654. The molecule has 0 fully saturated rings. The molecule has 1 aromatic heterocycles. The summed E-state index contributed by atoms with van der Waals surface area (Å²) in [6, 6.07) is 2.12. The van der Waals surface area contributed by atoms with Crippen LogP contribution in [-0.4, -0.2) is 11.5 Å². The molecule has 2 rings (SSSR count). The molecule has 0 unspecified atom stereocenters. The highest BCUT2D eigenvalue weighted by Gasteiger charge is 2.13. The van der Waals surface area contributed by atoms with Crippen LogP contribution in [0.5, 0.6) is 0 Å².